The summed E-state index contributed by atoms with van der Waals surface area (Å²) >= 11 is 6.00. The monoisotopic (exact) mass is 420 g/mol. The second kappa shape index (κ2) is 8.24. The standard InChI is InChI=1S/C18H24ClF3N4O2/c1-17(2,3)13(27)8-14(23)25-16(28)12-5-4-6-26(12)15-11(19)7-10(9-24-15)18(20,21)22/h7,9,12-13,27H,4-6,8H2,1-3H3,(H2,23,25,28). The molecule has 0 radical (unpaired) electrons. The van der Waals surface area contributed by atoms with Gasteiger partial charge in [0.15, 0.2) is 0 Å². The molecule has 0 bridgehead atoms. The van der Waals surface area contributed by atoms with Crippen LogP contribution in [0, 0.1) is 5.41 Å². The van der Waals surface area contributed by atoms with E-state index in [1.807, 2.05) is 20.8 Å². The van der Waals surface area contributed by atoms with Crippen molar-refractivity contribution in [3.8, 4) is 0 Å². The number of halogens is 4. The quantitative estimate of drug-likeness (QED) is 0.575. The molecule has 2 rings (SSSR count). The van der Waals surface area contributed by atoms with Crippen LogP contribution in [0.25, 0.3) is 0 Å². The number of aliphatic hydroxyl groups excluding tert-OH is 1. The molecule has 0 spiro atoms. The van der Waals surface area contributed by atoms with Crippen LogP contribution < -0.4 is 10.6 Å². The molecule has 1 aromatic heterocycles. The Morgan fingerprint density at radius 2 is 2.11 bits per heavy atom. The fraction of sp³-hybridized carbons (Fsp3) is 0.611. The van der Waals surface area contributed by atoms with Crippen LogP contribution in [0.2, 0.25) is 5.02 Å². The van der Waals surface area contributed by atoms with Crippen molar-refractivity contribution < 1.29 is 23.1 Å². The maximum Gasteiger partial charge on any atom is 0.417 e. The molecule has 1 saturated heterocycles. The number of aliphatic hydroxyl groups is 1. The van der Waals surface area contributed by atoms with E-state index in [0.717, 1.165) is 6.07 Å². The number of aliphatic imine (C=N–C) groups is 1. The van der Waals surface area contributed by atoms with Gasteiger partial charge >= 0.3 is 6.18 Å². The number of hydrogen-bond donors (Lipinski definition) is 2. The molecule has 1 amide bonds. The van der Waals surface area contributed by atoms with Gasteiger partial charge in [-0.25, -0.2) is 4.98 Å². The highest BCUT2D eigenvalue weighted by Gasteiger charge is 2.36. The van der Waals surface area contributed by atoms with Crippen LogP contribution in [0.1, 0.15) is 45.6 Å². The number of amidine groups is 1. The average molecular weight is 421 g/mol. The van der Waals surface area contributed by atoms with Crippen LogP contribution in [0.3, 0.4) is 0 Å². The molecule has 0 aliphatic carbocycles. The van der Waals surface area contributed by atoms with E-state index in [1.165, 1.54) is 0 Å². The lowest BCUT2D eigenvalue weighted by Crippen LogP contribution is -2.38. The molecule has 2 heterocycles. The number of pyridine rings is 1. The van der Waals surface area contributed by atoms with E-state index in [2.05, 4.69) is 9.98 Å². The minimum absolute atomic E-state index is 0.00532. The number of aromatic nitrogens is 1. The molecule has 28 heavy (non-hydrogen) atoms. The molecule has 6 nitrogen and oxygen atoms in total. The van der Waals surface area contributed by atoms with Crippen molar-refractivity contribution in [2.24, 2.45) is 16.1 Å². The molecule has 10 heteroatoms. The minimum Gasteiger partial charge on any atom is -0.392 e. The second-order valence-electron chi connectivity index (χ2n) is 7.91. The smallest absolute Gasteiger partial charge is 0.392 e. The Morgan fingerprint density at radius 1 is 1.46 bits per heavy atom. The Morgan fingerprint density at radius 3 is 2.64 bits per heavy atom. The van der Waals surface area contributed by atoms with Gasteiger partial charge in [0.05, 0.1) is 16.7 Å². The summed E-state index contributed by atoms with van der Waals surface area (Å²) in [4.78, 5) is 21.8. The molecule has 156 valence electrons. The van der Waals surface area contributed by atoms with Crippen molar-refractivity contribution in [3.05, 3.63) is 22.8 Å². The topological polar surface area (TPSA) is 91.8 Å². The van der Waals surface area contributed by atoms with Gasteiger partial charge in [-0.1, -0.05) is 32.4 Å². The van der Waals surface area contributed by atoms with Crippen LogP contribution in [0.15, 0.2) is 17.3 Å². The molecule has 2 atom stereocenters. The summed E-state index contributed by atoms with van der Waals surface area (Å²) in [7, 11) is 0. The number of rotatable bonds is 4. The van der Waals surface area contributed by atoms with Gasteiger partial charge in [-0.15, -0.1) is 0 Å². The fourth-order valence-corrected chi connectivity index (χ4v) is 3.11. The van der Waals surface area contributed by atoms with Crippen LogP contribution in [0.4, 0.5) is 19.0 Å². The number of carbonyl (C=O) groups excluding carboxylic acids is 1. The van der Waals surface area contributed by atoms with Gasteiger partial charge in [-0.2, -0.15) is 18.2 Å². The predicted octanol–water partition coefficient (Wildman–Crippen LogP) is 3.40. The summed E-state index contributed by atoms with van der Waals surface area (Å²) in [6.45, 7) is 5.92. The highest BCUT2D eigenvalue weighted by atomic mass is 35.5. The predicted molar refractivity (Wildman–Crippen MR) is 101 cm³/mol. The van der Waals surface area contributed by atoms with Crippen LogP contribution in [-0.4, -0.2) is 40.5 Å². The molecule has 1 fully saturated rings. The zero-order valence-corrected chi connectivity index (χ0v) is 16.7. The first-order valence-corrected chi connectivity index (χ1v) is 9.23. The van der Waals surface area contributed by atoms with Crippen molar-refractivity contribution >= 4 is 29.2 Å². The minimum atomic E-state index is -4.55. The van der Waals surface area contributed by atoms with Gasteiger partial charge in [0.1, 0.15) is 17.7 Å². The number of carbonyl (C=O) groups is 1. The molecule has 0 saturated carbocycles. The third kappa shape index (κ3) is 5.35. The summed E-state index contributed by atoms with van der Waals surface area (Å²) < 4.78 is 38.4. The van der Waals surface area contributed by atoms with Crippen molar-refractivity contribution in [2.75, 3.05) is 11.4 Å². The van der Waals surface area contributed by atoms with Gasteiger partial charge in [-0.05, 0) is 24.3 Å². The highest BCUT2D eigenvalue weighted by Crippen LogP contribution is 2.36. The Labute approximate surface area is 166 Å². The zero-order valence-electron chi connectivity index (χ0n) is 15.9. The van der Waals surface area contributed by atoms with Gasteiger partial charge in [0.25, 0.3) is 5.91 Å². The first-order chi connectivity index (χ1) is 12.8. The largest absolute Gasteiger partial charge is 0.417 e. The van der Waals surface area contributed by atoms with E-state index < -0.39 is 35.2 Å². The molecule has 1 aliphatic heterocycles. The SMILES string of the molecule is CC(C)(C)C(O)CC(N)=NC(=O)C1CCCN1c1ncc(C(F)(F)F)cc1Cl. The van der Waals surface area contributed by atoms with Gasteiger partial charge in [0, 0.05) is 19.2 Å². The van der Waals surface area contributed by atoms with E-state index in [-0.39, 0.29) is 23.1 Å². The summed E-state index contributed by atoms with van der Waals surface area (Å²) in [5.41, 5.74) is 4.43. The number of amides is 1. The fourth-order valence-electron chi connectivity index (χ4n) is 2.84. The van der Waals surface area contributed by atoms with Gasteiger partial charge < -0.3 is 15.7 Å². The van der Waals surface area contributed by atoms with Gasteiger partial charge in [0.2, 0.25) is 0 Å². The molecular weight excluding hydrogens is 397 g/mol. The third-order valence-electron chi connectivity index (χ3n) is 4.61. The van der Waals surface area contributed by atoms with E-state index in [4.69, 9.17) is 17.3 Å². The Bertz CT molecular complexity index is 762. The Kier molecular flexibility index (Phi) is 6.60. The second-order valence-corrected chi connectivity index (χ2v) is 8.31. The van der Waals surface area contributed by atoms with Crippen molar-refractivity contribution in [1.29, 1.82) is 0 Å². The summed E-state index contributed by atoms with van der Waals surface area (Å²) in [5, 5.41) is 9.91. The lowest BCUT2D eigenvalue weighted by molar-refractivity contribution is -0.137. The highest BCUT2D eigenvalue weighted by molar-refractivity contribution is 6.33. The van der Waals surface area contributed by atoms with Crippen molar-refractivity contribution in [3.63, 3.8) is 0 Å². The maximum absolute atomic E-state index is 12.8. The number of nitrogens with zero attached hydrogens (tertiary/aromatic N) is 3. The maximum atomic E-state index is 12.8. The van der Waals surface area contributed by atoms with E-state index in [9.17, 15) is 23.1 Å². The first kappa shape index (κ1) is 22.4. The molecule has 1 aromatic rings. The molecular formula is C18H24ClF3N4O2. The lowest BCUT2D eigenvalue weighted by Gasteiger charge is -2.26. The molecule has 1 aliphatic rings. The number of alkyl halides is 3. The number of hydrogen-bond acceptors (Lipinski definition) is 4. The zero-order chi connectivity index (χ0) is 21.3. The van der Waals surface area contributed by atoms with Crippen LogP contribution >= 0.6 is 11.6 Å². The van der Waals surface area contributed by atoms with Crippen molar-refractivity contribution in [2.45, 2.75) is 58.4 Å². The average Bonchev–Trinajstić information content (AvgIpc) is 3.02. The molecule has 3 N–H and O–H groups in total. The normalized spacial score (nSPS) is 19.8. The lowest BCUT2D eigenvalue weighted by atomic mass is 9.87. The Hall–Kier alpha value is -1.87. The summed E-state index contributed by atoms with van der Waals surface area (Å²) in [5.74, 6) is -0.423. The third-order valence-corrected chi connectivity index (χ3v) is 4.89. The Balaban J connectivity index is 2.18. The summed E-state index contributed by atoms with van der Waals surface area (Å²) in [6, 6.07) is 0.0770. The van der Waals surface area contributed by atoms with E-state index >= 15 is 0 Å². The van der Waals surface area contributed by atoms with E-state index in [1.54, 1.807) is 4.90 Å². The molecule has 0 aromatic carbocycles. The van der Waals surface area contributed by atoms with Gasteiger partial charge in [-0.3, -0.25) is 4.79 Å². The summed E-state index contributed by atoms with van der Waals surface area (Å²) in [6.07, 6.45) is -3.50. The molecule has 2 unspecified atom stereocenters. The first-order valence-electron chi connectivity index (χ1n) is 8.85. The van der Waals surface area contributed by atoms with Crippen LogP contribution in [-0.2, 0) is 11.0 Å². The number of anilines is 1. The van der Waals surface area contributed by atoms with E-state index in [0.29, 0.717) is 25.6 Å². The van der Waals surface area contributed by atoms with Crippen LogP contribution in [0.5, 0.6) is 0 Å². The van der Waals surface area contributed by atoms with Crippen molar-refractivity contribution in [1.82, 2.24) is 4.98 Å². The number of nitrogens with two attached hydrogens (primary N) is 1.